The number of nitrogens with zero attached hydrogens (tertiary/aromatic N) is 1. The minimum absolute atomic E-state index is 0.176. The fourth-order valence-electron chi connectivity index (χ4n) is 3.19. The van der Waals surface area contributed by atoms with Crippen molar-refractivity contribution in [3.05, 3.63) is 39.5 Å². The lowest BCUT2D eigenvalue weighted by Crippen LogP contribution is -2.49. The Hall–Kier alpha value is -2.94. The first-order valence-corrected chi connectivity index (χ1v) is 11.7. The van der Waals surface area contributed by atoms with Gasteiger partial charge in [-0.25, -0.2) is 8.78 Å². The van der Waals surface area contributed by atoms with E-state index < -0.39 is 49.7 Å². The van der Waals surface area contributed by atoms with Gasteiger partial charge in [0.1, 0.15) is 12.6 Å². The van der Waals surface area contributed by atoms with Crippen molar-refractivity contribution in [2.45, 2.75) is 19.1 Å². The standard InChI is InChI=1S/C21H21ClF4N4O5S/c22-16-4-3-15(36-16)20(33)28-8-13(27-9-17(23)24)19(32)29-12-2-1-11(7-14(12)35-21(25)26)30-5-6-34-10-18(30)31/h1-4,7,13,17,21,27H,5-6,8-10H2,(H,28,33)(H,29,32)/t13-/m0/s1. The number of ether oxygens (including phenoxy) is 2. The molecule has 0 saturated carbocycles. The van der Waals surface area contributed by atoms with Crippen LogP contribution in [0, 0.1) is 0 Å². The van der Waals surface area contributed by atoms with E-state index in [2.05, 4.69) is 20.7 Å². The van der Waals surface area contributed by atoms with Crippen LogP contribution in [-0.4, -0.2) is 69.6 Å². The summed E-state index contributed by atoms with van der Waals surface area (Å²) in [7, 11) is 0. The fourth-order valence-corrected chi connectivity index (χ4v) is 4.15. The van der Waals surface area contributed by atoms with Crippen LogP contribution in [0.15, 0.2) is 30.3 Å². The Labute approximate surface area is 211 Å². The van der Waals surface area contributed by atoms with E-state index in [0.29, 0.717) is 4.34 Å². The molecule has 1 atom stereocenters. The molecule has 3 amide bonds. The van der Waals surface area contributed by atoms with Crippen molar-refractivity contribution in [3.8, 4) is 5.75 Å². The Kier molecular flexibility index (Phi) is 9.87. The molecule has 1 aliphatic heterocycles. The van der Waals surface area contributed by atoms with Crippen molar-refractivity contribution < 1.29 is 41.4 Å². The predicted molar refractivity (Wildman–Crippen MR) is 124 cm³/mol. The van der Waals surface area contributed by atoms with Crippen LogP contribution in [0.25, 0.3) is 0 Å². The van der Waals surface area contributed by atoms with Crippen molar-refractivity contribution in [3.63, 3.8) is 0 Å². The summed E-state index contributed by atoms with van der Waals surface area (Å²) in [5, 5.41) is 7.12. The van der Waals surface area contributed by atoms with Crippen LogP contribution in [-0.2, 0) is 14.3 Å². The fraction of sp³-hybridized carbons (Fsp3) is 0.381. The van der Waals surface area contributed by atoms with Gasteiger partial charge in [0, 0.05) is 24.8 Å². The van der Waals surface area contributed by atoms with Gasteiger partial charge < -0.3 is 25.0 Å². The maximum Gasteiger partial charge on any atom is 0.387 e. The molecular formula is C21H21ClF4N4O5S. The van der Waals surface area contributed by atoms with Crippen LogP contribution in [0.5, 0.6) is 5.75 Å². The molecule has 36 heavy (non-hydrogen) atoms. The molecule has 3 rings (SSSR count). The molecule has 0 aliphatic carbocycles. The number of amides is 3. The minimum Gasteiger partial charge on any atom is -0.433 e. The zero-order valence-corrected chi connectivity index (χ0v) is 20.0. The highest BCUT2D eigenvalue weighted by Gasteiger charge is 2.25. The van der Waals surface area contributed by atoms with Gasteiger partial charge in [0.2, 0.25) is 5.91 Å². The number of alkyl halides is 4. The highest BCUT2D eigenvalue weighted by Crippen LogP contribution is 2.32. The average molecular weight is 553 g/mol. The van der Waals surface area contributed by atoms with Crippen molar-refractivity contribution in [2.24, 2.45) is 0 Å². The van der Waals surface area contributed by atoms with E-state index in [1.165, 1.54) is 29.2 Å². The summed E-state index contributed by atoms with van der Waals surface area (Å²) in [6.45, 7) is -4.25. The van der Waals surface area contributed by atoms with Gasteiger partial charge in [-0.05, 0) is 24.3 Å². The van der Waals surface area contributed by atoms with Crippen LogP contribution in [0.4, 0.5) is 28.9 Å². The lowest BCUT2D eigenvalue weighted by molar-refractivity contribution is -0.125. The van der Waals surface area contributed by atoms with Gasteiger partial charge in [-0.1, -0.05) is 11.6 Å². The van der Waals surface area contributed by atoms with Gasteiger partial charge in [-0.2, -0.15) is 8.78 Å². The Morgan fingerprint density at radius 2 is 1.94 bits per heavy atom. The van der Waals surface area contributed by atoms with E-state index in [1.807, 2.05) is 0 Å². The zero-order chi connectivity index (χ0) is 26.2. The number of carbonyl (C=O) groups excluding carboxylic acids is 3. The molecule has 1 saturated heterocycles. The third-order valence-corrected chi connectivity index (χ3v) is 6.07. The Balaban J connectivity index is 1.75. The molecule has 1 aromatic carbocycles. The minimum atomic E-state index is -3.25. The van der Waals surface area contributed by atoms with Crippen molar-refractivity contribution in [1.29, 1.82) is 0 Å². The second-order valence-corrected chi connectivity index (χ2v) is 9.03. The van der Waals surface area contributed by atoms with Gasteiger partial charge in [0.05, 0.1) is 28.1 Å². The highest BCUT2D eigenvalue weighted by atomic mass is 35.5. The summed E-state index contributed by atoms with van der Waals surface area (Å²) < 4.78 is 61.5. The molecule has 2 aromatic rings. The molecule has 0 unspecified atom stereocenters. The zero-order valence-electron chi connectivity index (χ0n) is 18.4. The molecule has 9 nitrogen and oxygen atoms in total. The topological polar surface area (TPSA) is 109 Å². The van der Waals surface area contributed by atoms with Crippen LogP contribution in [0.1, 0.15) is 9.67 Å². The monoisotopic (exact) mass is 552 g/mol. The van der Waals surface area contributed by atoms with Crippen molar-refractivity contribution in [1.82, 2.24) is 10.6 Å². The number of hydrogen-bond acceptors (Lipinski definition) is 7. The van der Waals surface area contributed by atoms with E-state index in [1.54, 1.807) is 0 Å². The maximum absolute atomic E-state index is 13.0. The van der Waals surface area contributed by atoms with E-state index >= 15 is 0 Å². The molecule has 0 radical (unpaired) electrons. The molecule has 1 aromatic heterocycles. The van der Waals surface area contributed by atoms with Gasteiger partial charge >= 0.3 is 6.61 Å². The summed E-state index contributed by atoms with van der Waals surface area (Å²) in [5.41, 5.74) is 0.0520. The summed E-state index contributed by atoms with van der Waals surface area (Å²) in [6, 6.07) is 5.40. The number of nitrogens with one attached hydrogen (secondary N) is 3. The van der Waals surface area contributed by atoms with Crippen molar-refractivity contribution >= 4 is 52.0 Å². The highest BCUT2D eigenvalue weighted by molar-refractivity contribution is 7.18. The normalized spacial score (nSPS) is 14.8. The first-order chi connectivity index (χ1) is 17.1. The summed E-state index contributed by atoms with van der Waals surface area (Å²) in [4.78, 5) is 38.7. The first kappa shape index (κ1) is 27.6. The molecule has 1 fully saturated rings. The molecule has 2 heterocycles. The molecular weight excluding hydrogens is 532 g/mol. The lowest BCUT2D eigenvalue weighted by atomic mass is 10.2. The second kappa shape index (κ2) is 12.9. The SMILES string of the molecule is O=C(NC[C@H](NCC(F)F)C(=O)Nc1ccc(N2CCOCC2=O)cc1OC(F)F)c1ccc(Cl)s1. The predicted octanol–water partition coefficient (Wildman–Crippen LogP) is 2.96. The lowest BCUT2D eigenvalue weighted by Gasteiger charge is -2.27. The van der Waals surface area contributed by atoms with Gasteiger partial charge in [0.15, 0.2) is 5.75 Å². The van der Waals surface area contributed by atoms with E-state index in [0.717, 1.165) is 17.4 Å². The number of benzene rings is 1. The third kappa shape index (κ3) is 7.78. The van der Waals surface area contributed by atoms with Gasteiger partial charge in [-0.3, -0.25) is 19.7 Å². The van der Waals surface area contributed by atoms with E-state index in [4.69, 9.17) is 16.3 Å². The Morgan fingerprint density at radius 3 is 2.58 bits per heavy atom. The molecule has 0 bridgehead atoms. The number of rotatable bonds is 11. The summed E-state index contributed by atoms with van der Waals surface area (Å²) >= 11 is 6.78. The summed E-state index contributed by atoms with van der Waals surface area (Å²) in [6.07, 6.45) is -2.80. The van der Waals surface area contributed by atoms with Gasteiger partial charge in [-0.15, -0.1) is 11.3 Å². The molecule has 1 aliphatic rings. The molecule has 3 N–H and O–H groups in total. The van der Waals surface area contributed by atoms with E-state index in [-0.39, 0.29) is 41.9 Å². The van der Waals surface area contributed by atoms with Crippen LogP contribution >= 0.6 is 22.9 Å². The van der Waals surface area contributed by atoms with Gasteiger partial charge in [0.25, 0.3) is 18.2 Å². The first-order valence-electron chi connectivity index (χ1n) is 10.5. The number of anilines is 2. The van der Waals surface area contributed by atoms with Crippen molar-refractivity contribution in [2.75, 3.05) is 43.1 Å². The average Bonchev–Trinajstić information content (AvgIpc) is 3.26. The maximum atomic E-state index is 13.0. The number of carbonyl (C=O) groups is 3. The van der Waals surface area contributed by atoms with Crippen LogP contribution in [0.3, 0.4) is 0 Å². The van der Waals surface area contributed by atoms with E-state index in [9.17, 15) is 31.9 Å². The summed E-state index contributed by atoms with van der Waals surface area (Å²) in [5.74, 6) is -2.31. The molecule has 15 heteroatoms. The quantitative estimate of drug-likeness (QED) is 0.370. The largest absolute Gasteiger partial charge is 0.433 e. The second-order valence-electron chi connectivity index (χ2n) is 7.31. The molecule has 196 valence electrons. The molecule has 0 spiro atoms. The number of thiophene rings is 1. The van der Waals surface area contributed by atoms with Crippen LogP contribution in [0.2, 0.25) is 4.34 Å². The number of halogens is 5. The third-order valence-electron chi connectivity index (χ3n) is 4.84. The van der Waals surface area contributed by atoms with Crippen LogP contribution < -0.4 is 25.6 Å². The smallest absolute Gasteiger partial charge is 0.387 e. The number of morpholine rings is 1. The number of hydrogen-bond donors (Lipinski definition) is 3. The Morgan fingerprint density at radius 1 is 1.17 bits per heavy atom. The Bertz CT molecular complexity index is 1090.